The third kappa shape index (κ3) is 3.95. The molecule has 0 radical (unpaired) electrons. The van der Waals surface area contributed by atoms with E-state index >= 15 is 0 Å². The van der Waals surface area contributed by atoms with Gasteiger partial charge in [-0.3, -0.25) is 4.79 Å². The van der Waals surface area contributed by atoms with Crippen LogP contribution in [0.1, 0.15) is 27.9 Å². The number of carbonyl (C=O) groups excluding carboxylic acids is 1. The Morgan fingerprint density at radius 3 is 2.40 bits per heavy atom. The summed E-state index contributed by atoms with van der Waals surface area (Å²) in [6, 6.07) is 13.8. The van der Waals surface area contributed by atoms with Crippen molar-refractivity contribution in [3.8, 4) is 11.5 Å². The minimum atomic E-state index is 0.123. The van der Waals surface area contributed by atoms with Crippen molar-refractivity contribution in [2.24, 2.45) is 5.92 Å². The first-order valence-electron chi connectivity index (χ1n) is 8.67. The number of amides is 1. The highest BCUT2D eigenvalue weighted by Gasteiger charge is 2.27. The van der Waals surface area contributed by atoms with Crippen molar-refractivity contribution < 1.29 is 14.3 Å². The van der Waals surface area contributed by atoms with Gasteiger partial charge < -0.3 is 14.4 Å². The molecule has 25 heavy (non-hydrogen) atoms. The van der Waals surface area contributed by atoms with E-state index in [1.165, 1.54) is 5.56 Å². The zero-order valence-corrected chi connectivity index (χ0v) is 15.1. The summed E-state index contributed by atoms with van der Waals surface area (Å²) >= 11 is 0. The Labute approximate surface area is 149 Å². The average Bonchev–Trinajstić information content (AvgIpc) is 3.10. The second-order valence-corrected chi connectivity index (χ2v) is 6.64. The first-order chi connectivity index (χ1) is 12.1. The summed E-state index contributed by atoms with van der Waals surface area (Å²) < 4.78 is 10.4. The quantitative estimate of drug-likeness (QED) is 0.833. The number of hydrogen-bond donors (Lipinski definition) is 0. The Balaban J connectivity index is 1.62. The van der Waals surface area contributed by atoms with Gasteiger partial charge in [-0.05, 0) is 67.1 Å². The molecule has 1 fully saturated rings. The lowest BCUT2D eigenvalue weighted by Gasteiger charge is -2.18. The van der Waals surface area contributed by atoms with E-state index in [1.54, 1.807) is 14.2 Å². The molecule has 2 aromatic rings. The lowest BCUT2D eigenvalue weighted by atomic mass is 9.99. The molecule has 0 bridgehead atoms. The fraction of sp³-hybridized carbons (Fsp3) is 0.381. The van der Waals surface area contributed by atoms with E-state index in [0.717, 1.165) is 48.6 Å². The number of benzene rings is 2. The molecule has 2 aromatic carbocycles. The number of ether oxygens (including phenoxy) is 2. The molecule has 0 saturated carbocycles. The van der Waals surface area contributed by atoms with E-state index in [9.17, 15) is 4.79 Å². The third-order valence-corrected chi connectivity index (χ3v) is 4.92. The van der Waals surface area contributed by atoms with Crippen molar-refractivity contribution in [2.75, 3.05) is 27.3 Å². The molecule has 1 atom stereocenters. The lowest BCUT2D eigenvalue weighted by Crippen LogP contribution is -2.29. The Morgan fingerprint density at radius 2 is 1.76 bits per heavy atom. The Hall–Kier alpha value is -2.49. The van der Waals surface area contributed by atoms with Crippen molar-refractivity contribution in [2.45, 2.75) is 19.8 Å². The normalized spacial score (nSPS) is 16.8. The standard InChI is InChI=1S/C21H25NO3/c1-15-12-19(25-3)8-9-20(15)21(23)22-11-10-17(14-22)13-16-4-6-18(24-2)7-5-16/h4-9,12,17H,10-11,13-14H2,1-3H3. The van der Waals surface area contributed by atoms with Gasteiger partial charge in [0.05, 0.1) is 14.2 Å². The van der Waals surface area contributed by atoms with Crippen LogP contribution in [0.4, 0.5) is 0 Å². The molecule has 3 rings (SSSR count). The van der Waals surface area contributed by atoms with E-state index in [4.69, 9.17) is 9.47 Å². The lowest BCUT2D eigenvalue weighted by molar-refractivity contribution is 0.0786. The SMILES string of the molecule is COc1ccc(CC2CCN(C(=O)c3ccc(OC)cc3C)C2)cc1. The van der Waals surface area contributed by atoms with Crippen LogP contribution in [0.25, 0.3) is 0 Å². The Morgan fingerprint density at radius 1 is 1.08 bits per heavy atom. The summed E-state index contributed by atoms with van der Waals surface area (Å²) in [5.41, 5.74) is 3.02. The van der Waals surface area contributed by atoms with Gasteiger partial charge in [0.2, 0.25) is 0 Å². The van der Waals surface area contributed by atoms with Crippen molar-refractivity contribution in [3.05, 3.63) is 59.2 Å². The molecule has 0 aliphatic carbocycles. The number of hydrogen-bond acceptors (Lipinski definition) is 3. The molecule has 1 amide bonds. The monoisotopic (exact) mass is 339 g/mol. The molecule has 1 aliphatic heterocycles. The topological polar surface area (TPSA) is 38.8 Å². The van der Waals surface area contributed by atoms with Gasteiger partial charge in [-0.25, -0.2) is 0 Å². The average molecular weight is 339 g/mol. The van der Waals surface area contributed by atoms with Gasteiger partial charge in [0.15, 0.2) is 0 Å². The predicted molar refractivity (Wildman–Crippen MR) is 98.4 cm³/mol. The highest BCUT2D eigenvalue weighted by molar-refractivity contribution is 5.96. The zero-order chi connectivity index (χ0) is 17.8. The molecule has 1 heterocycles. The molecule has 0 aromatic heterocycles. The second kappa shape index (κ2) is 7.60. The minimum Gasteiger partial charge on any atom is -0.497 e. The van der Waals surface area contributed by atoms with Crippen LogP contribution in [-0.4, -0.2) is 38.1 Å². The third-order valence-electron chi connectivity index (χ3n) is 4.92. The predicted octanol–water partition coefficient (Wildman–Crippen LogP) is 3.72. The fourth-order valence-corrected chi connectivity index (χ4v) is 3.45. The van der Waals surface area contributed by atoms with Crippen molar-refractivity contribution in [1.82, 2.24) is 4.90 Å². The van der Waals surface area contributed by atoms with E-state index < -0.39 is 0 Å². The van der Waals surface area contributed by atoms with Crippen LogP contribution in [0.2, 0.25) is 0 Å². The highest BCUT2D eigenvalue weighted by atomic mass is 16.5. The maximum atomic E-state index is 12.8. The first kappa shape index (κ1) is 17.3. The number of carbonyl (C=O) groups is 1. The minimum absolute atomic E-state index is 0.123. The van der Waals surface area contributed by atoms with Crippen LogP contribution < -0.4 is 9.47 Å². The number of aryl methyl sites for hydroxylation is 1. The van der Waals surface area contributed by atoms with E-state index in [0.29, 0.717) is 5.92 Å². The van der Waals surface area contributed by atoms with Gasteiger partial charge in [0.1, 0.15) is 11.5 Å². The van der Waals surface area contributed by atoms with Crippen LogP contribution >= 0.6 is 0 Å². The van der Waals surface area contributed by atoms with Gasteiger partial charge in [0, 0.05) is 18.7 Å². The second-order valence-electron chi connectivity index (χ2n) is 6.64. The van der Waals surface area contributed by atoms with Gasteiger partial charge in [-0.1, -0.05) is 12.1 Å². The van der Waals surface area contributed by atoms with E-state index in [-0.39, 0.29) is 5.91 Å². The Kier molecular flexibility index (Phi) is 5.27. The molecule has 0 spiro atoms. The van der Waals surface area contributed by atoms with Crippen LogP contribution in [-0.2, 0) is 6.42 Å². The molecule has 1 aliphatic rings. The van der Waals surface area contributed by atoms with Crippen LogP contribution in [0.3, 0.4) is 0 Å². The molecular weight excluding hydrogens is 314 g/mol. The first-order valence-corrected chi connectivity index (χ1v) is 8.67. The maximum Gasteiger partial charge on any atom is 0.254 e. The molecule has 4 nitrogen and oxygen atoms in total. The van der Waals surface area contributed by atoms with Gasteiger partial charge in [0.25, 0.3) is 5.91 Å². The summed E-state index contributed by atoms with van der Waals surface area (Å²) in [4.78, 5) is 14.8. The Bertz CT molecular complexity index is 739. The number of rotatable bonds is 5. The maximum absolute atomic E-state index is 12.8. The molecule has 132 valence electrons. The summed E-state index contributed by atoms with van der Waals surface area (Å²) in [5, 5.41) is 0. The van der Waals surface area contributed by atoms with E-state index in [1.807, 2.05) is 42.2 Å². The van der Waals surface area contributed by atoms with Crippen LogP contribution in [0.5, 0.6) is 11.5 Å². The molecule has 1 unspecified atom stereocenters. The van der Waals surface area contributed by atoms with Crippen molar-refractivity contribution in [1.29, 1.82) is 0 Å². The van der Waals surface area contributed by atoms with Crippen molar-refractivity contribution >= 4 is 5.91 Å². The zero-order valence-electron chi connectivity index (χ0n) is 15.1. The smallest absolute Gasteiger partial charge is 0.254 e. The van der Waals surface area contributed by atoms with Gasteiger partial charge >= 0.3 is 0 Å². The number of methoxy groups -OCH3 is 2. The number of nitrogens with zero attached hydrogens (tertiary/aromatic N) is 1. The molecular formula is C21H25NO3. The van der Waals surface area contributed by atoms with Gasteiger partial charge in [-0.15, -0.1) is 0 Å². The summed E-state index contributed by atoms with van der Waals surface area (Å²) in [6.07, 6.45) is 2.04. The van der Waals surface area contributed by atoms with Crippen LogP contribution in [0, 0.1) is 12.8 Å². The molecule has 1 saturated heterocycles. The molecule has 4 heteroatoms. The largest absolute Gasteiger partial charge is 0.497 e. The van der Waals surface area contributed by atoms with Gasteiger partial charge in [-0.2, -0.15) is 0 Å². The van der Waals surface area contributed by atoms with Crippen LogP contribution in [0.15, 0.2) is 42.5 Å². The fourth-order valence-electron chi connectivity index (χ4n) is 3.45. The summed E-state index contributed by atoms with van der Waals surface area (Å²) in [5.74, 6) is 2.29. The summed E-state index contributed by atoms with van der Waals surface area (Å²) in [6.45, 7) is 3.60. The highest BCUT2D eigenvalue weighted by Crippen LogP contribution is 2.25. The van der Waals surface area contributed by atoms with Crippen molar-refractivity contribution in [3.63, 3.8) is 0 Å². The summed E-state index contributed by atoms with van der Waals surface area (Å²) in [7, 11) is 3.32. The molecule has 0 N–H and O–H groups in total. The van der Waals surface area contributed by atoms with E-state index in [2.05, 4.69) is 12.1 Å². The number of likely N-dealkylation sites (tertiary alicyclic amines) is 1.